The molecule has 0 saturated carbocycles. The van der Waals surface area contributed by atoms with Gasteiger partial charge in [-0.05, 0) is 74.4 Å². The van der Waals surface area contributed by atoms with Gasteiger partial charge in [-0.3, -0.25) is 4.72 Å². The fourth-order valence-corrected chi connectivity index (χ4v) is 4.06. The first-order chi connectivity index (χ1) is 13.4. The molecular weight excluding hydrogens is 374 g/mol. The summed E-state index contributed by atoms with van der Waals surface area (Å²) in [5.74, 6) is 1.41. The number of hydrogen-bond donors (Lipinski definition) is 2. The van der Waals surface area contributed by atoms with E-state index in [0.29, 0.717) is 23.7 Å². The summed E-state index contributed by atoms with van der Waals surface area (Å²) in [6.07, 6.45) is 1.49. The van der Waals surface area contributed by atoms with Crippen molar-refractivity contribution in [1.29, 1.82) is 0 Å². The van der Waals surface area contributed by atoms with E-state index in [4.69, 9.17) is 4.74 Å². The molecule has 0 spiro atoms. The summed E-state index contributed by atoms with van der Waals surface area (Å²) in [7, 11) is -3.67. The molecule has 0 saturated heterocycles. The molecule has 146 valence electrons. The minimum Gasteiger partial charge on any atom is -0.494 e. The summed E-state index contributed by atoms with van der Waals surface area (Å²) in [6, 6.07) is 16.3. The van der Waals surface area contributed by atoms with Gasteiger partial charge >= 0.3 is 0 Å². The van der Waals surface area contributed by atoms with Crippen LogP contribution in [0.15, 0.2) is 65.7 Å². The van der Waals surface area contributed by atoms with Gasteiger partial charge in [0.1, 0.15) is 11.6 Å². The number of ether oxygens (including phenoxy) is 1. The maximum Gasteiger partial charge on any atom is 0.262 e. The number of pyridine rings is 1. The van der Waals surface area contributed by atoms with Crippen LogP contribution < -0.4 is 14.8 Å². The van der Waals surface area contributed by atoms with Crippen LogP contribution in [-0.4, -0.2) is 20.0 Å². The fourth-order valence-electron chi connectivity index (χ4n) is 2.68. The minimum atomic E-state index is -3.67. The summed E-state index contributed by atoms with van der Waals surface area (Å²) in [5, 5.41) is 3.17. The van der Waals surface area contributed by atoms with Gasteiger partial charge < -0.3 is 10.1 Å². The minimum absolute atomic E-state index is 0.268. The molecule has 0 fully saturated rings. The van der Waals surface area contributed by atoms with Crippen molar-refractivity contribution in [2.75, 3.05) is 16.6 Å². The van der Waals surface area contributed by atoms with Crippen molar-refractivity contribution < 1.29 is 13.2 Å². The Morgan fingerprint density at radius 1 is 0.964 bits per heavy atom. The molecule has 3 aromatic rings. The molecule has 6 nitrogen and oxygen atoms in total. The number of anilines is 3. The highest BCUT2D eigenvalue weighted by molar-refractivity contribution is 7.92. The molecule has 3 rings (SSSR count). The predicted molar refractivity (Wildman–Crippen MR) is 112 cm³/mol. The number of benzene rings is 2. The smallest absolute Gasteiger partial charge is 0.262 e. The lowest BCUT2D eigenvalue weighted by Crippen LogP contribution is -2.14. The predicted octanol–water partition coefficient (Wildman–Crippen LogP) is 4.64. The third kappa shape index (κ3) is 4.80. The quantitative estimate of drug-likeness (QED) is 0.607. The summed E-state index contributed by atoms with van der Waals surface area (Å²) in [6.45, 7) is 6.19. The second kappa shape index (κ2) is 8.31. The van der Waals surface area contributed by atoms with Crippen LogP contribution in [0.5, 0.6) is 5.75 Å². The second-order valence-electron chi connectivity index (χ2n) is 6.39. The van der Waals surface area contributed by atoms with E-state index in [1.165, 1.54) is 6.20 Å². The van der Waals surface area contributed by atoms with Crippen LogP contribution in [0, 0.1) is 13.8 Å². The van der Waals surface area contributed by atoms with Crippen molar-refractivity contribution in [2.24, 2.45) is 0 Å². The average molecular weight is 398 g/mol. The Bertz CT molecular complexity index is 1050. The molecule has 1 heterocycles. The number of nitrogens with one attached hydrogen (secondary N) is 2. The highest BCUT2D eigenvalue weighted by Crippen LogP contribution is 2.22. The van der Waals surface area contributed by atoms with Gasteiger partial charge in [-0.15, -0.1) is 0 Å². The Kier molecular flexibility index (Phi) is 5.84. The molecule has 0 aliphatic rings. The van der Waals surface area contributed by atoms with Crippen molar-refractivity contribution in [2.45, 2.75) is 25.7 Å². The Morgan fingerprint density at radius 3 is 2.32 bits per heavy atom. The third-order valence-electron chi connectivity index (χ3n) is 4.09. The van der Waals surface area contributed by atoms with E-state index in [1.807, 2.05) is 44.2 Å². The van der Waals surface area contributed by atoms with Crippen molar-refractivity contribution in [1.82, 2.24) is 4.98 Å². The zero-order valence-electron chi connectivity index (χ0n) is 16.1. The monoisotopic (exact) mass is 397 g/mol. The number of nitrogens with zero attached hydrogens (tertiary/aromatic N) is 1. The van der Waals surface area contributed by atoms with Crippen LogP contribution in [0.3, 0.4) is 0 Å². The largest absolute Gasteiger partial charge is 0.494 e. The van der Waals surface area contributed by atoms with Gasteiger partial charge in [0, 0.05) is 5.69 Å². The topological polar surface area (TPSA) is 80.3 Å². The molecule has 1 aromatic heterocycles. The molecule has 0 aliphatic heterocycles. The van der Waals surface area contributed by atoms with Gasteiger partial charge in [0.05, 0.1) is 23.4 Å². The summed E-state index contributed by atoms with van der Waals surface area (Å²) < 4.78 is 33.3. The molecule has 2 aromatic carbocycles. The molecule has 0 amide bonds. The van der Waals surface area contributed by atoms with Crippen LogP contribution >= 0.6 is 0 Å². The molecule has 0 unspecified atom stereocenters. The molecule has 0 atom stereocenters. The van der Waals surface area contributed by atoms with Crippen LogP contribution in [0.4, 0.5) is 17.2 Å². The Hall–Kier alpha value is -3.06. The van der Waals surface area contributed by atoms with E-state index in [2.05, 4.69) is 15.0 Å². The fraction of sp³-hybridized carbons (Fsp3) is 0.190. The number of aryl methyl sites for hydroxylation is 2. The standard InChI is InChI=1S/C21H23N3O3S/c1-4-27-19-10-7-17(8-11-19)23-21-12-9-18(14-22-21)24-28(25,26)20-13-15(2)5-6-16(20)3/h5-14,24H,4H2,1-3H3,(H,22,23). The van der Waals surface area contributed by atoms with Crippen LogP contribution in [0.2, 0.25) is 0 Å². The highest BCUT2D eigenvalue weighted by atomic mass is 32.2. The normalized spacial score (nSPS) is 11.1. The second-order valence-corrected chi connectivity index (χ2v) is 8.04. The average Bonchev–Trinajstić information content (AvgIpc) is 2.67. The molecular formula is C21H23N3O3S. The third-order valence-corrected chi connectivity index (χ3v) is 5.61. The van der Waals surface area contributed by atoms with Crippen LogP contribution in [0.1, 0.15) is 18.1 Å². The summed E-state index contributed by atoms with van der Waals surface area (Å²) in [4.78, 5) is 4.55. The van der Waals surface area contributed by atoms with Gasteiger partial charge in [0.25, 0.3) is 10.0 Å². The molecule has 0 bridgehead atoms. The van der Waals surface area contributed by atoms with Gasteiger partial charge in [-0.2, -0.15) is 0 Å². The first kappa shape index (κ1) is 19.7. The molecule has 28 heavy (non-hydrogen) atoms. The maximum absolute atomic E-state index is 12.7. The van der Waals surface area contributed by atoms with E-state index in [9.17, 15) is 8.42 Å². The number of rotatable bonds is 7. The van der Waals surface area contributed by atoms with E-state index in [1.54, 1.807) is 31.2 Å². The van der Waals surface area contributed by atoms with Gasteiger partial charge in [-0.25, -0.2) is 13.4 Å². The van der Waals surface area contributed by atoms with Gasteiger partial charge in [0.15, 0.2) is 0 Å². The Labute approximate surface area is 165 Å². The van der Waals surface area contributed by atoms with E-state index < -0.39 is 10.0 Å². The van der Waals surface area contributed by atoms with Crippen molar-refractivity contribution in [3.63, 3.8) is 0 Å². The number of aromatic nitrogens is 1. The lowest BCUT2D eigenvalue weighted by molar-refractivity contribution is 0.340. The van der Waals surface area contributed by atoms with E-state index >= 15 is 0 Å². The first-order valence-corrected chi connectivity index (χ1v) is 10.4. The lowest BCUT2D eigenvalue weighted by Gasteiger charge is -2.12. The van der Waals surface area contributed by atoms with Gasteiger partial charge in [0.2, 0.25) is 0 Å². The maximum atomic E-state index is 12.7. The number of hydrogen-bond acceptors (Lipinski definition) is 5. The summed E-state index contributed by atoms with van der Waals surface area (Å²) >= 11 is 0. The van der Waals surface area contributed by atoms with E-state index in [-0.39, 0.29) is 4.90 Å². The van der Waals surface area contributed by atoms with Crippen LogP contribution in [-0.2, 0) is 10.0 Å². The molecule has 2 N–H and O–H groups in total. The highest BCUT2D eigenvalue weighted by Gasteiger charge is 2.17. The van der Waals surface area contributed by atoms with Crippen molar-refractivity contribution in [3.8, 4) is 5.75 Å². The SMILES string of the molecule is CCOc1ccc(Nc2ccc(NS(=O)(=O)c3cc(C)ccc3C)cn2)cc1. The first-order valence-electron chi connectivity index (χ1n) is 8.93. The Balaban J connectivity index is 1.71. The molecule has 0 aliphatic carbocycles. The van der Waals surface area contributed by atoms with Crippen LogP contribution in [0.25, 0.3) is 0 Å². The number of sulfonamides is 1. The van der Waals surface area contributed by atoms with Crippen molar-refractivity contribution in [3.05, 3.63) is 71.9 Å². The molecule has 0 radical (unpaired) electrons. The molecule has 7 heteroatoms. The summed E-state index contributed by atoms with van der Waals surface area (Å²) in [5.41, 5.74) is 2.84. The zero-order valence-corrected chi connectivity index (χ0v) is 16.9. The van der Waals surface area contributed by atoms with E-state index in [0.717, 1.165) is 17.0 Å². The van der Waals surface area contributed by atoms with Crippen molar-refractivity contribution >= 4 is 27.2 Å². The zero-order chi connectivity index (χ0) is 20.1. The Morgan fingerprint density at radius 2 is 1.68 bits per heavy atom. The van der Waals surface area contributed by atoms with Gasteiger partial charge in [-0.1, -0.05) is 12.1 Å². The lowest BCUT2D eigenvalue weighted by atomic mass is 10.2.